The first-order valence-electron chi connectivity index (χ1n) is 5.79. The van der Waals surface area contributed by atoms with Crippen LogP contribution in [-0.4, -0.2) is 20.2 Å². The first-order valence-corrected chi connectivity index (χ1v) is 5.79. The van der Waals surface area contributed by atoms with Crippen LogP contribution in [0.15, 0.2) is 24.7 Å². The second-order valence-corrected chi connectivity index (χ2v) is 4.45. The maximum Gasteiger partial charge on any atom is 0.160 e. The van der Waals surface area contributed by atoms with Gasteiger partial charge in [0.15, 0.2) is 11.5 Å². The lowest BCUT2D eigenvalue weighted by molar-refractivity contribution is 0.394. The number of aromatic hydroxyl groups is 2. The van der Waals surface area contributed by atoms with Crippen LogP contribution >= 0.6 is 12.4 Å². The van der Waals surface area contributed by atoms with Gasteiger partial charge in [0.2, 0.25) is 0 Å². The van der Waals surface area contributed by atoms with Crippen LogP contribution in [-0.2, 0) is 6.42 Å². The molecule has 0 radical (unpaired) electrons. The van der Waals surface area contributed by atoms with Gasteiger partial charge >= 0.3 is 0 Å². The van der Waals surface area contributed by atoms with E-state index in [1.807, 2.05) is 12.3 Å². The molecule has 18 heavy (non-hydrogen) atoms. The van der Waals surface area contributed by atoms with Crippen molar-refractivity contribution in [3.8, 4) is 11.5 Å². The molecule has 1 atom stereocenters. The molecule has 0 fully saturated rings. The molecule has 3 N–H and O–H groups in total. The molecule has 1 aromatic carbocycles. The molecule has 0 bridgehead atoms. The predicted octanol–water partition coefficient (Wildman–Crippen LogP) is 2.71. The summed E-state index contributed by atoms with van der Waals surface area (Å²) in [6.45, 7) is 0. The average Bonchev–Trinajstić information content (AvgIpc) is 2.87. The van der Waals surface area contributed by atoms with Gasteiger partial charge in [0, 0.05) is 23.4 Å². The van der Waals surface area contributed by atoms with Crippen molar-refractivity contribution in [2.75, 3.05) is 0 Å². The number of hydrogen-bond donors (Lipinski definition) is 3. The molecule has 1 aliphatic carbocycles. The van der Waals surface area contributed by atoms with Crippen molar-refractivity contribution in [1.29, 1.82) is 0 Å². The monoisotopic (exact) mass is 266 g/mol. The van der Waals surface area contributed by atoms with E-state index in [0.717, 1.165) is 36.1 Å². The number of phenols is 2. The summed E-state index contributed by atoms with van der Waals surface area (Å²) in [6, 6.07) is 3.46. The number of aromatic nitrogens is 2. The molecule has 4 nitrogen and oxygen atoms in total. The van der Waals surface area contributed by atoms with Gasteiger partial charge in [-0.1, -0.05) is 6.07 Å². The molecule has 1 heterocycles. The molecule has 0 amide bonds. The Morgan fingerprint density at radius 3 is 2.83 bits per heavy atom. The fourth-order valence-electron chi connectivity index (χ4n) is 2.65. The van der Waals surface area contributed by atoms with Crippen molar-refractivity contribution >= 4 is 12.4 Å². The largest absolute Gasteiger partial charge is 0.504 e. The number of nitrogens with zero attached hydrogens (tertiary/aromatic N) is 1. The lowest BCUT2D eigenvalue weighted by Gasteiger charge is -2.25. The van der Waals surface area contributed by atoms with E-state index >= 15 is 0 Å². The van der Waals surface area contributed by atoms with Crippen molar-refractivity contribution in [3.05, 3.63) is 41.5 Å². The number of hydrogen-bond acceptors (Lipinski definition) is 3. The first-order chi connectivity index (χ1) is 8.27. The van der Waals surface area contributed by atoms with E-state index < -0.39 is 0 Å². The van der Waals surface area contributed by atoms with Crippen molar-refractivity contribution in [3.63, 3.8) is 0 Å². The number of fused-ring (bicyclic) bond motifs is 1. The molecule has 0 spiro atoms. The molecular weight excluding hydrogens is 252 g/mol. The summed E-state index contributed by atoms with van der Waals surface area (Å²) in [5.74, 6) is 0.244. The minimum absolute atomic E-state index is 0. The van der Waals surface area contributed by atoms with E-state index in [4.69, 9.17) is 0 Å². The zero-order valence-corrected chi connectivity index (χ0v) is 10.6. The van der Waals surface area contributed by atoms with Crippen molar-refractivity contribution < 1.29 is 10.2 Å². The minimum Gasteiger partial charge on any atom is -0.504 e. The van der Waals surface area contributed by atoms with E-state index in [1.54, 1.807) is 12.4 Å². The third-order valence-electron chi connectivity index (χ3n) is 3.49. The highest BCUT2D eigenvalue weighted by molar-refractivity contribution is 5.85. The summed E-state index contributed by atoms with van der Waals surface area (Å²) in [5.41, 5.74) is 3.03. The zero-order chi connectivity index (χ0) is 11.8. The Kier molecular flexibility index (Phi) is 3.48. The molecule has 2 aromatic rings. The van der Waals surface area contributed by atoms with Gasteiger partial charge in [-0.3, -0.25) is 0 Å². The highest BCUT2D eigenvalue weighted by Crippen LogP contribution is 2.42. The second-order valence-electron chi connectivity index (χ2n) is 4.45. The van der Waals surface area contributed by atoms with Crippen LogP contribution in [0.5, 0.6) is 11.5 Å². The third kappa shape index (κ3) is 1.93. The molecule has 1 unspecified atom stereocenters. The summed E-state index contributed by atoms with van der Waals surface area (Å²) < 4.78 is 0. The number of halogens is 1. The van der Waals surface area contributed by atoms with Gasteiger partial charge in [-0.2, -0.15) is 0 Å². The van der Waals surface area contributed by atoms with Crippen LogP contribution in [0.1, 0.15) is 35.6 Å². The number of benzene rings is 1. The van der Waals surface area contributed by atoms with E-state index in [1.165, 1.54) is 0 Å². The SMILES string of the molecule is Cl.Oc1ccc2c(c1O)CCCC2c1cnc[nH]1. The molecule has 0 saturated heterocycles. The Balaban J connectivity index is 0.00000120. The fourth-order valence-corrected chi connectivity index (χ4v) is 2.65. The van der Waals surface area contributed by atoms with Gasteiger partial charge in [0.25, 0.3) is 0 Å². The standard InChI is InChI=1S/C13H14N2O2.ClH/c16-12-5-4-8-9(11-6-14-7-15-11)2-1-3-10(8)13(12)17;/h4-7,9,16-17H,1-3H2,(H,14,15);1H. The van der Waals surface area contributed by atoms with E-state index in [9.17, 15) is 10.2 Å². The normalized spacial score (nSPS) is 17.9. The Labute approximate surface area is 111 Å². The lowest BCUT2D eigenvalue weighted by atomic mass is 9.80. The summed E-state index contributed by atoms with van der Waals surface area (Å²) in [5, 5.41) is 19.4. The molecule has 3 rings (SSSR count). The van der Waals surface area contributed by atoms with E-state index in [0.29, 0.717) is 0 Å². The van der Waals surface area contributed by atoms with Gasteiger partial charge in [0.1, 0.15) is 0 Å². The summed E-state index contributed by atoms with van der Waals surface area (Å²) in [4.78, 5) is 7.17. The summed E-state index contributed by atoms with van der Waals surface area (Å²) >= 11 is 0. The number of rotatable bonds is 1. The number of imidazole rings is 1. The van der Waals surface area contributed by atoms with Crippen molar-refractivity contribution in [1.82, 2.24) is 9.97 Å². The van der Waals surface area contributed by atoms with E-state index in [2.05, 4.69) is 9.97 Å². The number of nitrogens with one attached hydrogen (secondary N) is 1. The Morgan fingerprint density at radius 2 is 2.11 bits per heavy atom. The van der Waals surface area contributed by atoms with Crippen molar-refractivity contribution in [2.24, 2.45) is 0 Å². The molecule has 96 valence electrons. The third-order valence-corrected chi connectivity index (χ3v) is 3.49. The number of aromatic amines is 1. The van der Waals surface area contributed by atoms with Gasteiger partial charge < -0.3 is 15.2 Å². The molecule has 0 aliphatic heterocycles. The second kappa shape index (κ2) is 4.90. The smallest absolute Gasteiger partial charge is 0.160 e. The molecular formula is C13H15ClN2O2. The van der Waals surface area contributed by atoms with Crippen molar-refractivity contribution in [2.45, 2.75) is 25.2 Å². The number of H-pyrrole nitrogens is 1. The maximum atomic E-state index is 9.88. The molecule has 1 aliphatic rings. The lowest BCUT2D eigenvalue weighted by Crippen LogP contribution is -2.11. The van der Waals surface area contributed by atoms with Crippen LogP contribution in [0, 0.1) is 0 Å². The zero-order valence-electron chi connectivity index (χ0n) is 9.76. The van der Waals surface area contributed by atoms with Gasteiger partial charge in [-0.05, 0) is 30.9 Å². The minimum atomic E-state index is -0.0333. The van der Waals surface area contributed by atoms with Crippen LogP contribution in [0.3, 0.4) is 0 Å². The van der Waals surface area contributed by atoms with Gasteiger partial charge in [-0.25, -0.2) is 4.98 Å². The Hall–Kier alpha value is -1.68. The maximum absolute atomic E-state index is 9.88. The molecule has 1 aromatic heterocycles. The topological polar surface area (TPSA) is 69.1 Å². The van der Waals surface area contributed by atoms with Gasteiger partial charge in [0.05, 0.1) is 6.33 Å². The highest BCUT2D eigenvalue weighted by Gasteiger charge is 2.25. The Bertz CT molecular complexity index is 540. The summed E-state index contributed by atoms with van der Waals surface area (Å²) in [6.07, 6.45) is 6.36. The average molecular weight is 267 g/mol. The van der Waals surface area contributed by atoms with E-state index in [-0.39, 0.29) is 29.8 Å². The fraction of sp³-hybridized carbons (Fsp3) is 0.308. The first kappa shape index (κ1) is 12.8. The predicted molar refractivity (Wildman–Crippen MR) is 70.4 cm³/mol. The summed E-state index contributed by atoms with van der Waals surface area (Å²) in [7, 11) is 0. The molecule has 0 saturated carbocycles. The van der Waals surface area contributed by atoms with Gasteiger partial charge in [-0.15, -0.1) is 12.4 Å². The Morgan fingerprint density at radius 1 is 1.28 bits per heavy atom. The van der Waals surface area contributed by atoms with Crippen LogP contribution in [0.4, 0.5) is 0 Å². The van der Waals surface area contributed by atoms with Crippen LogP contribution in [0.25, 0.3) is 0 Å². The van der Waals surface area contributed by atoms with Crippen LogP contribution < -0.4 is 0 Å². The quantitative estimate of drug-likeness (QED) is 0.695. The molecule has 5 heteroatoms. The van der Waals surface area contributed by atoms with Crippen LogP contribution in [0.2, 0.25) is 0 Å². The highest BCUT2D eigenvalue weighted by atomic mass is 35.5. The number of phenolic OH excluding ortho intramolecular Hbond substituents is 2.